The molecule has 0 aliphatic carbocycles. The quantitative estimate of drug-likeness (QED) is 0.657. The van der Waals surface area contributed by atoms with Gasteiger partial charge in [0.15, 0.2) is 5.17 Å². The molecule has 0 spiro atoms. The molecule has 0 radical (unpaired) electrons. The number of rotatable bonds is 5. The summed E-state index contributed by atoms with van der Waals surface area (Å²) >= 11 is 1.54. The number of carbonyl (C=O) groups is 1. The lowest BCUT2D eigenvalue weighted by molar-refractivity contribution is 0.0974. The van der Waals surface area contributed by atoms with Gasteiger partial charge in [-0.1, -0.05) is 23.9 Å². The number of anilines is 1. The van der Waals surface area contributed by atoms with Crippen molar-refractivity contribution in [1.29, 1.82) is 0 Å². The van der Waals surface area contributed by atoms with E-state index in [1.54, 1.807) is 18.9 Å². The molecule has 4 rings (SSSR count). The second kappa shape index (κ2) is 8.62. The molecule has 0 unspecified atom stereocenters. The van der Waals surface area contributed by atoms with Crippen molar-refractivity contribution in [2.24, 2.45) is 4.99 Å². The van der Waals surface area contributed by atoms with Crippen molar-refractivity contribution in [3.05, 3.63) is 54.2 Å². The summed E-state index contributed by atoms with van der Waals surface area (Å²) in [6.45, 7) is 0.719. The second-order valence-electron chi connectivity index (χ2n) is 6.97. The Hall–Kier alpha value is -3.26. The molecule has 30 heavy (non-hydrogen) atoms. The number of H-pyrrole nitrogens is 1. The Kier molecular flexibility index (Phi) is 5.76. The number of amidine groups is 1. The standard InChI is InChI=1S/C22H23N5O2S/c1-27(2)16-6-4-5-15(13-16)20-24-18(14-7-9-17(29-3)10-8-14)19(25-20)21(28)26-22-23-11-12-30-22/h4-10,13H,11-12H2,1-3H3,(H,24,25)(H,23,26,28). The van der Waals surface area contributed by atoms with Crippen LogP contribution >= 0.6 is 11.8 Å². The number of aliphatic imine (C=N–C) groups is 1. The van der Waals surface area contributed by atoms with Crippen molar-refractivity contribution in [1.82, 2.24) is 15.3 Å². The number of aromatic nitrogens is 2. The largest absolute Gasteiger partial charge is 0.497 e. The summed E-state index contributed by atoms with van der Waals surface area (Å²) in [5.74, 6) is 2.01. The van der Waals surface area contributed by atoms with E-state index in [1.165, 1.54) is 0 Å². The number of methoxy groups -OCH3 is 1. The third-order valence-electron chi connectivity index (χ3n) is 4.74. The van der Waals surface area contributed by atoms with Gasteiger partial charge in [0.25, 0.3) is 5.91 Å². The number of hydrogen-bond donors (Lipinski definition) is 2. The zero-order valence-electron chi connectivity index (χ0n) is 17.1. The van der Waals surface area contributed by atoms with Crippen LogP contribution in [-0.2, 0) is 0 Å². The van der Waals surface area contributed by atoms with Gasteiger partial charge in [0.1, 0.15) is 23.0 Å². The van der Waals surface area contributed by atoms with Crippen molar-refractivity contribution in [3.63, 3.8) is 0 Å². The van der Waals surface area contributed by atoms with Crippen LogP contribution in [0.5, 0.6) is 5.75 Å². The summed E-state index contributed by atoms with van der Waals surface area (Å²) in [4.78, 5) is 27.4. The molecular formula is C22H23N5O2S. The zero-order chi connectivity index (χ0) is 21.1. The maximum Gasteiger partial charge on any atom is 0.275 e. The average Bonchev–Trinajstić information content (AvgIpc) is 3.44. The van der Waals surface area contributed by atoms with Crippen molar-refractivity contribution in [2.75, 3.05) is 38.4 Å². The third kappa shape index (κ3) is 4.18. The van der Waals surface area contributed by atoms with Crippen LogP contribution in [-0.4, -0.2) is 54.5 Å². The minimum atomic E-state index is -0.253. The van der Waals surface area contributed by atoms with E-state index in [2.05, 4.69) is 15.3 Å². The zero-order valence-corrected chi connectivity index (χ0v) is 17.9. The summed E-state index contributed by atoms with van der Waals surface area (Å²) < 4.78 is 5.25. The van der Waals surface area contributed by atoms with Crippen molar-refractivity contribution < 1.29 is 9.53 Å². The Bertz CT molecular complexity index is 1090. The summed E-state index contributed by atoms with van der Waals surface area (Å²) in [5.41, 5.74) is 3.78. The van der Waals surface area contributed by atoms with Crippen LogP contribution in [0.1, 0.15) is 10.5 Å². The van der Waals surface area contributed by atoms with E-state index in [1.807, 2.05) is 67.5 Å². The fraction of sp³-hybridized carbons (Fsp3) is 0.227. The van der Waals surface area contributed by atoms with Gasteiger partial charge in [0.2, 0.25) is 0 Å². The molecule has 1 amide bonds. The molecule has 1 aliphatic rings. The van der Waals surface area contributed by atoms with E-state index in [9.17, 15) is 4.79 Å². The number of hydrogen-bond acceptors (Lipinski definition) is 6. The lowest BCUT2D eigenvalue weighted by Crippen LogP contribution is -2.28. The van der Waals surface area contributed by atoms with Gasteiger partial charge < -0.3 is 14.6 Å². The number of amides is 1. The lowest BCUT2D eigenvalue weighted by Gasteiger charge is -2.12. The average molecular weight is 422 g/mol. The smallest absolute Gasteiger partial charge is 0.275 e. The van der Waals surface area contributed by atoms with E-state index in [4.69, 9.17) is 9.72 Å². The summed E-state index contributed by atoms with van der Waals surface area (Å²) in [7, 11) is 5.60. The first-order valence-electron chi connectivity index (χ1n) is 9.56. The molecule has 0 fully saturated rings. The minimum Gasteiger partial charge on any atom is -0.497 e. The van der Waals surface area contributed by atoms with E-state index in [-0.39, 0.29) is 5.91 Å². The first kappa shape index (κ1) is 20.0. The van der Waals surface area contributed by atoms with Crippen LogP contribution < -0.4 is 15.0 Å². The number of imidazole rings is 1. The normalized spacial score (nSPS) is 13.1. The van der Waals surface area contributed by atoms with Gasteiger partial charge >= 0.3 is 0 Å². The highest BCUT2D eigenvalue weighted by atomic mass is 32.2. The van der Waals surface area contributed by atoms with E-state index in [0.717, 1.165) is 34.9 Å². The highest BCUT2D eigenvalue weighted by molar-refractivity contribution is 8.14. The fourth-order valence-corrected chi connectivity index (χ4v) is 3.86. The van der Waals surface area contributed by atoms with Gasteiger partial charge in [-0.15, -0.1) is 0 Å². The fourth-order valence-electron chi connectivity index (χ4n) is 3.13. The Morgan fingerprint density at radius 3 is 2.63 bits per heavy atom. The molecular weight excluding hydrogens is 398 g/mol. The highest BCUT2D eigenvalue weighted by Gasteiger charge is 2.22. The molecule has 3 aromatic rings. The van der Waals surface area contributed by atoms with E-state index in [0.29, 0.717) is 22.4 Å². The molecule has 1 aromatic heterocycles. The highest BCUT2D eigenvalue weighted by Crippen LogP contribution is 2.29. The first-order chi connectivity index (χ1) is 14.5. The molecule has 7 nitrogen and oxygen atoms in total. The molecule has 154 valence electrons. The van der Waals surface area contributed by atoms with Gasteiger partial charge in [-0.3, -0.25) is 15.1 Å². The molecule has 0 saturated heterocycles. The van der Waals surface area contributed by atoms with Gasteiger partial charge in [-0.25, -0.2) is 4.98 Å². The number of benzene rings is 2. The predicted molar refractivity (Wildman–Crippen MR) is 123 cm³/mol. The first-order valence-corrected chi connectivity index (χ1v) is 10.5. The second-order valence-corrected chi connectivity index (χ2v) is 8.06. The maximum absolute atomic E-state index is 13.0. The van der Waals surface area contributed by atoms with Crippen LogP contribution in [0, 0.1) is 0 Å². The SMILES string of the molecule is COc1ccc(-c2nc(-c3cccc(N(C)C)c3)[nH]c2C(=O)NC2=NCCS2)cc1. The monoisotopic (exact) mass is 421 g/mol. The van der Waals surface area contributed by atoms with Crippen LogP contribution in [0.15, 0.2) is 53.5 Å². The van der Waals surface area contributed by atoms with Crippen LogP contribution in [0.4, 0.5) is 5.69 Å². The molecule has 2 N–H and O–H groups in total. The van der Waals surface area contributed by atoms with Crippen molar-refractivity contribution >= 4 is 28.5 Å². The Morgan fingerprint density at radius 2 is 1.97 bits per heavy atom. The Morgan fingerprint density at radius 1 is 1.17 bits per heavy atom. The predicted octanol–water partition coefficient (Wildman–Crippen LogP) is 3.65. The maximum atomic E-state index is 13.0. The van der Waals surface area contributed by atoms with Crippen molar-refractivity contribution in [2.45, 2.75) is 0 Å². The van der Waals surface area contributed by atoms with Gasteiger partial charge in [0, 0.05) is 36.7 Å². The number of nitrogens with one attached hydrogen (secondary N) is 2. The van der Waals surface area contributed by atoms with Gasteiger partial charge in [0.05, 0.1) is 13.7 Å². The van der Waals surface area contributed by atoms with Crippen LogP contribution in [0.25, 0.3) is 22.6 Å². The van der Waals surface area contributed by atoms with Crippen molar-refractivity contribution in [3.8, 4) is 28.4 Å². The Labute approximate surface area is 179 Å². The minimum absolute atomic E-state index is 0.253. The van der Waals surface area contributed by atoms with Gasteiger partial charge in [-0.2, -0.15) is 0 Å². The summed E-state index contributed by atoms with van der Waals surface area (Å²) in [5, 5.41) is 3.54. The van der Waals surface area contributed by atoms with E-state index >= 15 is 0 Å². The Balaban J connectivity index is 1.76. The molecule has 2 aromatic carbocycles. The summed E-state index contributed by atoms with van der Waals surface area (Å²) in [6, 6.07) is 15.5. The van der Waals surface area contributed by atoms with Gasteiger partial charge in [-0.05, 0) is 36.4 Å². The summed E-state index contributed by atoms with van der Waals surface area (Å²) in [6.07, 6.45) is 0. The number of thioether (sulfide) groups is 1. The number of ether oxygens (including phenoxy) is 1. The molecule has 0 bridgehead atoms. The third-order valence-corrected chi connectivity index (χ3v) is 5.63. The molecule has 2 heterocycles. The molecule has 1 aliphatic heterocycles. The molecule has 8 heteroatoms. The number of aromatic amines is 1. The molecule has 0 saturated carbocycles. The lowest BCUT2D eigenvalue weighted by atomic mass is 10.1. The number of nitrogens with zero attached hydrogens (tertiary/aromatic N) is 3. The topological polar surface area (TPSA) is 82.6 Å². The molecule has 0 atom stereocenters. The van der Waals surface area contributed by atoms with E-state index < -0.39 is 0 Å². The van der Waals surface area contributed by atoms with Crippen LogP contribution in [0.3, 0.4) is 0 Å². The van der Waals surface area contributed by atoms with Crippen LogP contribution in [0.2, 0.25) is 0 Å². The number of carbonyl (C=O) groups excluding carboxylic acids is 1.